The molecule has 2 aromatic rings. The summed E-state index contributed by atoms with van der Waals surface area (Å²) in [5, 5.41) is 0. The van der Waals surface area contributed by atoms with Crippen molar-refractivity contribution in [3.05, 3.63) is 69.2 Å². The highest BCUT2D eigenvalue weighted by Crippen LogP contribution is 2.27. The molecular formula is C23H23BrN2O4. The van der Waals surface area contributed by atoms with Crippen molar-refractivity contribution in [1.29, 1.82) is 0 Å². The van der Waals surface area contributed by atoms with Gasteiger partial charge >= 0.3 is 0 Å². The number of imide groups is 1. The molecule has 156 valence electrons. The summed E-state index contributed by atoms with van der Waals surface area (Å²) in [6, 6.07) is 12.7. The third kappa shape index (κ3) is 3.91. The lowest BCUT2D eigenvalue weighted by atomic mass is 10.0. The Labute approximate surface area is 183 Å². The molecule has 0 radical (unpaired) electrons. The zero-order valence-electron chi connectivity index (χ0n) is 16.8. The number of morpholine rings is 1. The number of carbonyl (C=O) groups excluding carboxylic acids is 3. The molecule has 2 aliphatic heterocycles. The van der Waals surface area contributed by atoms with Crippen LogP contribution in [-0.2, 0) is 4.74 Å². The minimum Gasteiger partial charge on any atom is -0.370 e. The fourth-order valence-corrected chi connectivity index (χ4v) is 4.10. The Morgan fingerprint density at radius 2 is 1.83 bits per heavy atom. The molecule has 30 heavy (non-hydrogen) atoms. The van der Waals surface area contributed by atoms with Crippen molar-refractivity contribution in [3.8, 4) is 0 Å². The van der Waals surface area contributed by atoms with Gasteiger partial charge in [0.25, 0.3) is 17.7 Å². The Kier molecular flexibility index (Phi) is 6.01. The smallest absolute Gasteiger partial charge is 0.261 e. The first-order chi connectivity index (χ1) is 14.5. The molecule has 1 fully saturated rings. The number of carbonyl (C=O) groups is 3. The molecule has 0 aliphatic carbocycles. The van der Waals surface area contributed by atoms with Gasteiger partial charge in [-0.05, 0) is 42.3 Å². The third-order valence-corrected chi connectivity index (χ3v) is 6.08. The van der Waals surface area contributed by atoms with E-state index in [-0.39, 0.29) is 23.8 Å². The summed E-state index contributed by atoms with van der Waals surface area (Å²) in [6.45, 7) is 3.79. The molecule has 0 saturated carbocycles. The van der Waals surface area contributed by atoms with Crippen LogP contribution in [0.2, 0.25) is 0 Å². The maximum Gasteiger partial charge on any atom is 0.261 e. The second kappa shape index (κ2) is 8.70. The highest BCUT2D eigenvalue weighted by Gasteiger charge is 2.36. The van der Waals surface area contributed by atoms with Gasteiger partial charge in [0, 0.05) is 23.1 Å². The SMILES string of the molecule is CCCCN1C(=O)c2ccc(C(=O)N3CCOC(c4ccc(Br)cc4)C3)cc2C1=O. The lowest BCUT2D eigenvalue weighted by Crippen LogP contribution is -2.42. The fourth-order valence-electron chi connectivity index (χ4n) is 3.84. The highest BCUT2D eigenvalue weighted by molar-refractivity contribution is 9.10. The van der Waals surface area contributed by atoms with Gasteiger partial charge < -0.3 is 9.64 Å². The summed E-state index contributed by atoms with van der Waals surface area (Å²) < 4.78 is 6.85. The molecule has 7 heteroatoms. The largest absolute Gasteiger partial charge is 0.370 e. The topological polar surface area (TPSA) is 66.9 Å². The second-order valence-corrected chi connectivity index (χ2v) is 8.45. The predicted octanol–water partition coefficient (Wildman–Crippen LogP) is 4.06. The Morgan fingerprint density at radius 3 is 2.57 bits per heavy atom. The number of ether oxygens (including phenoxy) is 1. The monoisotopic (exact) mass is 470 g/mol. The molecule has 4 rings (SSSR count). The molecule has 2 heterocycles. The van der Waals surface area contributed by atoms with E-state index in [1.165, 1.54) is 4.90 Å². The lowest BCUT2D eigenvalue weighted by Gasteiger charge is -2.33. The molecule has 2 aromatic carbocycles. The standard InChI is InChI=1S/C23H23BrN2O4/c1-2-3-10-26-22(28)18-9-6-16(13-19(18)23(26)29)21(27)25-11-12-30-20(14-25)15-4-7-17(24)8-5-15/h4-9,13,20H,2-3,10-12,14H2,1H3. The molecule has 0 N–H and O–H groups in total. The van der Waals surface area contributed by atoms with Crippen LogP contribution < -0.4 is 0 Å². The molecule has 0 spiro atoms. The van der Waals surface area contributed by atoms with Crippen LogP contribution in [0.4, 0.5) is 0 Å². The van der Waals surface area contributed by atoms with Gasteiger partial charge in [0.05, 0.1) is 24.3 Å². The molecule has 0 aromatic heterocycles. The summed E-state index contributed by atoms with van der Waals surface area (Å²) in [7, 11) is 0. The minimum atomic E-state index is -0.312. The van der Waals surface area contributed by atoms with Crippen LogP contribution in [0.15, 0.2) is 46.9 Å². The molecule has 2 aliphatic rings. The quantitative estimate of drug-likeness (QED) is 0.617. The number of benzene rings is 2. The van der Waals surface area contributed by atoms with E-state index in [2.05, 4.69) is 15.9 Å². The van der Waals surface area contributed by atoms with Crippen molar-refractivity contribution in [1.82, 2.24) is 9.80 Å². The van der Waals surface area contributed by atoms with Crippen LogP contribution in [0.25, 0.3) is 0 Å². The molecule has 6 nitrogen and oxygen atoms in total. The zero-order chi connectivity index (χ0) is 21.3. The van der Waals surface area contributed by atoms with Gasteiger partial charge in [-0.1, -0.05) is 41.4 Å². The molecule has 1 atom stereocenters. The first-order valence-corrected chi connectivity index (χ1v) is 11.0. The van der Waals surface area contributed by atoms with Crippen molar-refractivity contribution in [3.63, 3.8) is 0 Å². The van der Waals surface area contributed by atoms with Gasteiger partial charge in [-0.15, -0.1) is 0 Å². The van der Waals surface area contributed by atoms with E-state index < -0.39 is 0 Å². The minimum absolute atomic E-state index is 0.157. The van der Waals surface area contributed by atoms with Crippen molar-refractivity contribution in [2.24, 2.45) is 0 Å². The number of halogens is 1. The maximum absolute atomic E-state index is 13.1. The normalized spacial score (nSPS) is 18.7. The predicted molar refractivity (Wildman–Crippen MR) is 115 cm³/mol. The van der Waals surface area contributed by atoms with Crippen LogP contribution in [0, 0.1) is 0 Å². The van der Waals surface area contributed by atoms with E-state index in [1.54, 1.807) is 23.1 Å². The molecule has 1 saturated heterocycles. The van der Waals surface area contributed by atoms with Crippen LogP contribution in [0.5, 0.6) is 0 Å². The van der Waals surface area contributed by atoms with Crippen molar-refractivity contribution in [2.45, 2.75) is 25.9 Å². The van der Waals surface area contributed by atoms with Crippen LogP contribution in [0.1, 0.15) is 62.5 Å². The lowest BCUT2D eigenvalue weighted by molar-refractivity contribution is -0.0228. The summed E-state index contributed by atoms with van der Waals surface area (Å²) >= 11 is 3.43. The van der Waals surface area contributed by atoms with Gasteiger partial charge in [0.1, 0.15) is 6.10 Å². The van der Waals surface area contributed by atoms with Crippen LogP contribution >= 0.6 is 15.9 Å². The fraction of sp³-hybridized carbons (Fsp3) is 0.348. The Hall–Kier alpha value is -2.51. The molecule has 0 bridgehead atoms. The van der Waals surface area contributed by atoms with E-state index in [9.17, 15) is 14.4 Å². The van der Waals surface area contributed by atoms with Gasteiger partial charge in [-0.3, -0.25) is 19.3 Å². The Bertz CT molecular complexity index is 989. The van der Waals surface area contributed by atoms with Gasteiger partial charge in [0.2, 0.25) is 0 Å². The number of hydrogen-bond donors (Lipinski definition) is 0. The van der Waals surface area contributed by atoms with Crippen molar-refractivity contribution < 1.29 is 19.1 Å². The number of amides is 3. The highest BCUT2D eigenvalue weighted by atomic mass is 79.9. The average Bonchev–Trinajstić information content (AvgIpc) is 3.01. The summed E-state index contributed by atoms with van der Waals surface area (Å²) in [4.78, 5) is 41.3. The van der Waals surface area contributed by atoms with Crippen molar-refractivity contribution >= 4 is 33.7 Å². The van der Waals surface area contributed by atoms with Gasteiger partial charge in [-0.2, -0.15) is 0 Å². The summed E-state index contributed by atoms with van der Waals surface area (Å²) in [5.74, 6) is -0.743. The van der Waals surface area contributed by atoms with Crippen molar-refractivity contribution in [2.75, 3.05) is 26.2 Å². The zero-order valence-corrected chi connectivity index (χ0v) is 18.4. The summed E-state index contributed by atoms with van der Waals surface area (Å²) in [6.07, 6.45) is 1.47. The van der Waals surface area contributed by atoms with E-state index in [0.717, 1.165) is 22.9 Å². The number of nitrogens with zero attached hydrogens (tertiary/aromatic N) is 2. The number of fused-ring (bicyclic) bond motifs is 1. The van der Waals surface area contributed by atoms with Crippen LogP contribution in [0.3, 0.4) is 0 Å². The number of hydrogen-bond acceptors (Lipinski definition) is 4. The maximum atomic E-state index is 13.1. The Balaban J connectivity index is 1.52. The number of unbranched alkanes of at least 4 members (excludes halogenated alkanes) is 1. The first kappa shape index (κ1) is 20.8. The molecular weight excluding hydrogens is 448 g/mol. The second-order valence-electron chi connectivity index (χ2n) is 7.54. The van der Waals surface area contributed by atoms with E-state index in [1.807, 2.05) is 31.2 Å². The van der Waals surface area contributed by atoms with E-state index in [4.69, 9.17) is 4.74 Å². The third-order valence-electron chi connectivity index (χ3n) is 5.55. The Morgan fingerprint density at radius 1 is 1.10 bits per heavy atom. The summed E-state index contributed by atoms with van der Waals surface area (Å²) in [5.41, 5.74) is 2.13. The number of rotatable bonds is 5. The van der Waals surface area contributed by atoms with E-state index >= 15 is 0 Å². The van der Waals surface area contributed by atoms with E-state index in [0.29, 0.717) is 42.9 Å². The molecule has 3 amide bonds. The molecule has 1 unspecified atom stereocenters. The van der Waals surface area contributed by atoms with Crippen LogP contribution in [-0.4, -0.2) is 53.8 Å². The average molecular weight is 471 g/mol. The van der Waals surface area contributed by atoms with Gasteiger partial charge in [0.15, 0.2) is 0 Å². The first-order valence-electron chi connectivity index (χ1n) is 10.2. The van der Waals surface area contributed by atoms with Gasteiger partial charge in [-0.25, -0.2) is 0 Å².